The molecule has 146 valence electrons. The van der Waals surface area contributed by atoms with Crippen LogP contribution in [-0.2, 0) is 11.0 Å². The Morgan fingerprint density at radius 3 is 2.61 bits per heavy atom. The summed E-state index contributed by atoms with van der Waals surface area (Å²) >= 11 is 1.16. The van der Waals surface area contributed by atoms with E-state index in [1.807, 2.05) is 31.2 Å². The molecule has 1 saturated heterocycles. The van der Waals surface area contributed by atoms with Gasteiger partial charge < -0.3 is 10.6 Å². The van der Waals surface area contributed by atoms with Gasteiger partial charge in [-0.15, -0.1) is 0 Å². The fourth-order valence-corrected chi connectivity index (χ4v) is 3.37. The number of amides is 2. The molecule has 2 aromatic carbocycles. The highest BCUT2D eigenvalue weighted by atomic mass is 32.2. The molecule has 1 atom stereocenters. The van der Waals surface area contributed by atoms with Gasteiger partial charge in [-0.2, -0.15) is 13.2 Å². The number of carbonyl (C=O) groups is 2. The molecule has 9 heteroatoms. The van der Waals surface area contributed by atoms with E-state index in [1.54, 1.807) is 0 Å². The van der Waals surface area contributed by atoms with Crippen LogP contribution in [0.4, 0.5) is 18.9 Å². The van der Waals surface area contributed by atoms with E-state index in [0.717, 1.165) is 29.5 Å². The molecule has 0 spiro atoms. The average Bonchev–Trinajstić information content (AvgIpc) is 3.00. The number of nitrogens with zero attached hydrogens (tertiary/aromatic N) is 1. The lowest BCUT2D eigenvalue weighted by Crippen LogP contribution is -2.35. The third-order valence-corrected chi connectivity index (χ3v) is 5.02. The number of alkyl halides is 3. The summed E-state index contributed by atoms with van der Waals surface area (Å²) in [7, 11) is 0. The Balaban J connectivity index is 1.61. The highest BCUT2D eigenvalue weighted by Gasteiger charge is 2.32. The van der Waals surface area contributed by atoms with Gasteiger partial charge >= 0.3 is 6.18 Å². The van der Waals surface area contributed by atoms with Crippen LogP contribution in [0.3, 0.4) is 0 Å². The third kappa shape index (κ3) is 4.92. The van der Waals surface area contributed by atoms with Crippen molar-refractivity contribution in [1.29, 1.82) is 0 Å². The lowest BCUT2D eigenvalue weighted by molar-refractivity contribution is -0.137. The van der Waals surface area contributed by atoms with Gasteiger partial charge in [-0.3, -0.25) is 9.59 Å². The van der Waals surface area contributed by atoms with Crippen molar-refractivity contribution in [2.45, 2.75) is 18.3 Å². The van der Waals surface area contributed by atoms with Crippen LogP contribution in [0.1, 0.15) is 21.5 Å². The van der Waals surface area contributed by atoms with E-state index in [0.29, 0.717) is 10.9 Å². The molecule has 1 aliphatic heterocycles. The number of carbonyl (C=O) groups excluding carboxylic acids is 2. The molecule has 3 rings (SSSR count). The summed E-state index contributed by atoms with van der Waals surface area (Å²) in [6.45, 7) is 1.92. The predicted molar refractivity (Wildman–Crippen MR) is 102 cm³/mol. The number of hydrogen-bond donors (Lipinski definition) is 2. The van der Waals surface area contributed by atoms with Gasteiger partial charge in [-0.05, 0) is 37.3 Å². The molecular weight excluding hydrogens is 391 g/mol. The first-order valence-electron chi connectivity index (χ1n) is 8.31. The largest absolute Gasteiger partial charge is 0.416 e. The lowest BCUT2D eigenvalue weighted by Gasteiger charge is -2.10. The Kier molecular flexibility index (Phi) is 5.73. The number of thioether (sulfide) groups is 1. The van der Waals surface area contributed by atoms with Crippen molar-refractivity contribution in [3.63, 3.8) is 0 Å². The number of aryl methyl sites for hydroxylation is 1. The van der Waals surface area contributed by atoms with Crippen LogP contribution in [0.2, 0.25) is 0 Å². The molecule has 0 bridgehead atoms. The molecule has 28 heavy (non-hydrogen) atoms. The van der Waals surface area contributed by atoms with E-state index in [4.69, 9.17) is 0 Å². The molecule has 0 aromatic heterocycles. The van der Waals surface area contributed by atoms with Crippen LogP contribution in [0.5, 0.6) is 0 Å². The maximum atomic E-state index is 12.8. The van der Waals surface area contributed by atoms with Crippen LogP contribution < -0.4 is 10.6 Å². The quantitative estimate of drug-likeness (QED) is 0.813. The summed E-state index contributed by atoms with van der Waals surface area (Å²) in [5, 5.41) is 4.93. The molecule has 0 saturated carbocycles. The molecule has 1 heterocycles. The fraction of sp³-hybridized carbons (Fsp3) is 0.211. The van der Waals surface area contributed by atoms with E-state index in [2.05, 4.69) is 15.6 Å². The highest BCUT2D eigenvalue weighted by Crippen LogP contribution is 2.29. The molecule has 1 unspecified atom stereocenters. The van der Waals surface area contributed by atoms with Crippen LogP contribution in [0, 0.1) is 6.92 Å². The zero-order valence-corrected chi connectivity index (χ0v) is 15.5. The summed E-state index contributed by atoms with van der Waals surface area (Å²) in [5.74, 6) is -0.997. The van der Waals surface area contributed by atoms with Crippen LogP contribution in [0.25, 0.3) is 0 Å². The van der Waals surface area contributed by atoms with Crippen molar-refractivity contribution in [2.24, 2.45) is 4.99 Å². The van der Waals surface area contributed by atoms with E-state index >= 15 is 0 Å². The molecule has 2 aromatic rings. The summed E-state index contributed by atoms with van der Waals surface area (Å²) < 4.78 is 38.3. The molecule has 2 amide bonds. The number of rotatable bonds is 4. The van der Waals surface area contributed by atoms with Crippen molar-refractivity contribution in [3.05, 3.63) is 65.2 Å². The number of nitrogens with one attached hydrogen (secondary N) is 2. The topological polar surface area (TPSA) is 70.6 Å². The van der Waals surface area contributed by atoms with E-state index in [-0.39, 0.29) is 18.0 Å². The first-order chi connectivity index (χ1) is 13.2. The Morgan fingerprint density at radius 2 is 1.93 bits per heavy atom. The second-order valence-corrected chi connectivity index (χ2v) is 7.33. The fourth-order valence-electron chi connectivity index (χ4n) is 2.45. The second kappa shape index (κ2) is 8.05. The average molecular weight is 407 g/mol. The predicted octanol–water partition coefficient (Wildman–Crippen LogP) is 3.66. The van der Waals surface area contributed by atoms with Crippen LogP contribution in [0.15, 0.2) is 53.5 Å². The number of hydrogen-bond acceptors (Lipinski definition) is 4. The Bertz CT molecular complexity index is 927. The van der Waals surface area contributed by atoms with Gasteiger partial charge in [0.15, 0.2) is 5.17 Å². The summed E-state index contributed by atoms with van der Waals surface area (Å²) in [4.78, 5) is 28.5. The van der Waals surface area contributed by atoms with E-state index in [1.165, 1.54) is 12.1 Å². The standard InChI is InChI=1S/C19H16F3N3O2S/c1-11-5-7-14(8-6-11)24-18-25-17(27)15(28-18)10-23-16(26)12-3-2-4-13(9-12)19(20,21)22/h2-9,15H,10H2,1H3,(H,23,26)(H,24,25,27). The van der Waals surface area contributed by atoms with Gasteiger partial charge in [0.2, 0.25) is 5.91 Å². The zero-order valence-electron chi connectivity index (χ0n) is 14.7. The van der Waals surface area contributed by atoms with Crippen LogP contribution >= 0.6 is 11.8 Å². The van der Waals surface area contributed by atoms with Crippen LogP contribution in [-0.4, -0.2) is 28.8 Å². The molecule has 1 fully saturated rings. The molecule has 2 N–H and O–H groups in total. The SMILES string of the molecule is Cc1ccc(/N=C2/NC(=O)C(CNC(=O)c3cccc(C(F)(F)F)c3)S2)cc1. The van der Waals surface area contributed by atoms with Crippen molar-refractivity contribution in [3.8, 4) is 0 Å². The minimum Gasteiger partial charge on any atom is -0.350 e. The number of halogens is 3. The second-order valence-electron chi connectivity index (χ2n) is 6.14. The normalized spacial score (nSPS) is 18.2. The third-order valence-electron chi connectivity index (χ3n) is 3.94. The number of amidine groups is 1. The van der Waals surface area contributed by atoms with E-state index in [9.17, 15) is 22.8 Å². The number of aliphatic imine (C=N–C) groups is 1. The van der Waals surface area contributed by atoms with Crippen molar-refractivity contribution < 1.29 is 22.8 Å². The summed E-state index contributed by atoms with van der Waals surface area (Å²) in [6, 6.07) is 11.6. The van der Waals surface area contributed by atoms with Gasteiger partial charge in [0.1, 0.15) is 5.25 Å². The summed E-state index contributed by atoms with van der Waals surface area (Å²) in [5.41, 5.74) is 0.747. The highest BCUT2D eigenvalue weighted by molar-refractivity contribution is 8.15. The molecular formula is C19H16F3N3O2S. The summed E-state index contributed by atoms with van der Waals surface area (Å²) in [6.07, 6.45) is -4.53. The maximum Gasteiger partial charge on any atom is 0.416 e. The molecule has 5 nitrogen and oxygen atoms in total. The Hall–Kier alpha value is -2.81. The minimum atomic E-state index is -4.53. The molecule has 0 radical (unpaired) electrons. The zero-order chi connectivity index (χ0) is 20.3. The van der Waals surface area contributed by atoms with Gasteiger partial charge in [-0.1, -0.05) is 35.5 Å². The smallest absolute Gasteiger partial charge is 0.350 e. The monoisotopic (exact) mass is 407 g/mol. The maximum absolute atomic E-state index is 12.8. The van der Waals surface area contributed by atoms with Gasteiger partial charge in [0.25, 0.3) is 5.91 Å². The molecule has 1 aliphatic rings. The first kappa shape index (κ1) is 19.9. The van der Waals surface area contributed by atoms with E-state index < -0.39 is 22.9 Å². The number of benzene rings is 2. The Labute approximate surface area is 163 Å². The van der Waals surface area contributed by atoms with Gasteiger partial charge in [-0.25, -0.2) is 4.99 Å². The van der Waals surface area contributed by atoms with Crippen molar-refractivity contribution in [2.75, 3.05) is 6.54 Å². The van der Waals surface area contributed by atoms with Gasteiger partial charge in [0.05, 0.1) is 11.3 Å². The minimum absolute atomic E-state index is 0.0293. The van der Waals surface area contributed by atoms with Crippen molar-refractivity contribution >= 4 is 34.4 Å². The lowest BCUT2D eigenvalue weighted by atomic mass is 10.1. The van der Waals surface area contributed by atoms with Crippen molar-refractivity contribution in [1.82, 2.24) is 10.6 Å². The Morgan fingerprint density at radius 1 is 1.21 bits per heavy atom. The van der Waals surface area contributed by atoms with Gasteiger partial charge in [0, 0.05) is 12.1 Å². The first-order valence-corrected chi connectivity index (χ1v) is 9.19. The molecule has 0 aliphatic carbocycles.